The lowest BCUT2D eigenvalue weighted by Crippen LogP contribution is -2.26. The number of aliphatic hydroxyl groups excluding tert-OH is 1. The number of anilines is 1. The van der Waals surface area contributed by atoms with Gasteiger partial charge in [0.15, 0.2) is 0 Å². The zero-order chi connectivity index (χ0) is 22.9. The summed E-state index contributed by atoms with van der Waals surface area (Å²) in [6.45, 7) is 0.505. The number of ether oxygens (including phenoxy) is 1. The molecule has 4 aromatic carbocycles. The fraction of sp³-hybridized carbons (Fsp3) is 0.103. The van der Waals surface area contributed by atoms with Crippen LogP contribution in [0.15, 0.2) is 97.1 Å². The SMILES string of the molecule is OC(CNc1c2ccccc2nc2ccccc12)COc1c2ccccc2nc2ccccc12. The number of rotatable bonds is 6. The highest BCUT2D eigenvalue weighted by Gasteiger charge is 2.14. The number of benzene rings is 4. The Morgan fingerprint density at radius 1 is 0.618 bits per heavy atom. The molecule has 0 spiro atoms. The highest BCUT2D eigenvalue weighted by Crippen LogP contribution is 2.33. The molecule has 5 nitrogen and oxygen atoms in total. The van der Waals surface area contributed by atoms with Gasteiger partial charge in [0, 0.05) is 28.1 Å². The van der Waals surface area contributed by atoms with Crippen molar-refractivity contribution < 1.29 is 9.84 Å². The van der Waals surface area contributed by atoms with E-state index in [-0.39, 0.29) is 6.61 Å². The number of aliphatic hydroxyl groups is 1. The Morgan fingerprint density at radius 3 is 1.53 bits per heavy atom. The number of nitrogens with zero attached hydrogens (tertiary/aromatic N) is 2. The number of aromatic nitrogens is 2. The molecule has 166 valence electrons. The van der Waals surface area contributed by atoms with E-state index in [9.17, 15) is 5.11 Å². The lowest BCUT2D eigenvalue weighted by molar-refractivity contribution is 0.119. The number of pyridine rings is 2. The van der Waals surface area contributed by atoms with Crippen LogP contribution < -0.4 is 10.1 Å². The van der Waals surface area contributed by atoms with Crippen LogP contribution >= 0.6 is 0 Å². The molecule has 6 rings (SSSR count). The Hall–Kier alpha value is -4.22. The molecular weight excluding hydrogens is 422 g/mol. The molecule has 0 amide bonds. The van der Waals surface area contributed by atoms with Crippen LogP contribution in [0.2, 0.25) is 0 Å². The molecule has 5 heteroatoms. The van der Waals surface area contributed by atoms with Gasteiger partial charge in [-0.15, -0.1) is 0 Å². The normalized spacial score (nSPS) is 12.4. The van der Waals surface area contributed by atoms with Gasteiger partial charge in [-0.1, -0.05) is 60.7 Å². The number of para-hydroxylation sites is 4. The van der Waals surface area contributed by atoms with Gasteiger partial charge in [-0.25, -0.2) is 9.97 Å². The van der Waals surface area contributed by atoms with Crippen molar-refractivity contribution in [2.75, 3.05) is 18.5 Å². The minimum Gasteiger partial charge on any atom is -0.489 e. The van der Waals surface area contributed by atoms with Crippen LogP contribution in [0.25, 0.3) is 43.6 Å². The second kappa shape index (κ2) is 8.61. The van der Waals surface area contributed by atoms with Crippen LogP contribution in [0.5, 0.6) is 5.75 Å². The third-order valence-corrected chi connectivity index (χ3v) is 6.06. The topological polar surface area (TPSA) is 67.3 Å². The van der Waals surface area contributed by atoms with E-state index >= 15 is 0 Å². The van der Waals surface area contributed by atoms with Gasteiger partial charge < -0.3 is 15.2 Å². The summed E-state index contributed by atoms with van der Waals surface area (Å²) in [6, 6.07) is 31.9. The Labute approximate surface area is 196 Å². The van der Waals surface area contributed by atoms with Gasteiger partial charge in [-0.2, -0.15) is 0 Å². The molecule has 2 N–H and O–H groups in total. The molecule has 0 aliphatic heterocycles. The average Bonchev–Trinajstić information content (AvgIpc) is 2.89. The Morgan fingerprint density at radius 2 is 1.03 bits per heavy atom. The van der Waals surface area contributed by atoms with E-state index in [0.29, 0.717) is 6.54 Å². The highest BCUT2D eigenvalue weighted by atomic mass is 16.5. The van der Waals surface area contributed by atoms with Crippen molar-refractivity contribution in [1.82, 2.24) is 9.97 Å². The van der Waals surface area contributed by atoms with E-state index in [1.165, 1.54) is 0 Å². The van der Waals surface area contributed by atoms with Crippen molar-refractivity contribution in [3.8, 4) is 5.75 Å². The molecule has 1 unspecified atom stereocenters. The summed E-state index contributed by atoms with van der Waals surface area (Å²) in [7, 11) is 0. The predicted molar refractivity (Wildman–Crippen MR) is 138 cm³/mol. The molecule has 0 fully saturated rings. The van der Waals surface area contributed by atoms with Gasteiger partial charge in [-0.05, 0) is 36.4 Å². The van der Waals surface area contributed by atoms with Crippen molar-refractivity contribution in [1.29, 1.82) is 0 Å². The van der Waals surface area contributed by atoms with E-state index in [1.807, 2.05) is 84.9 Å². The summed E-state index contributed by atoms with van der Waals surface area (Å²) < 4.78 is 6.22. The lowest BCUT2D eigenvalue weighted by Gasteiger charge is -2.18. The minimum absolute atomic E-state index is 0.159. The Bertz CT molecular complexity index is 1420. The molecule has 0 aliphatic carbocycles. The first-order chi connectivity index (χ1) is 16.8. The molecule has 1 atom stereocenters. The molecule has 0 aliphatic rings. The predicted octanol–water partition coefficient (Wildman–Crippen LogP) is 5.94. The number of hydrogen-bond donors (Lipinski definition) is 2. The van der Waals surface area contributed by atoms with E-state index in [0.717, 1.165) is 55.0 Å². The van der Waals surface area contributed by atoms with Crippen LogP contribution in [-0.4, -0.2) is 34.3 Å². The lowest BCUT2D eigenvalue weighted by atomic mass is 10.1. The molecule has 0 radical (unpaired) electrons. The van der Waals surface area contributed by atoms with E-state index < -0.39 is 6.10 Å². The summed E-state index contributed by atoms with van der Waals surface area (Å²) in [5, 5.41) is 18.2. The van der Waals surface area contributed by atoms with Crippen LogP contribution in [0.4, 0.5) is 5.69 Å². The average molecular weight is 446 g/mol. The molecule has 0 saturated heterocycles. The van der Waals surface area contributed by atoms with Gasteiger partial charge in [0.2, 0.25) is 0 Å². The van der Waals surface area contributed by atoms with Crippen LogP contribution in [0.3, 0.4) is 0 Å². The second-order valence-electron chi connectivity index (χ2n) is 8.34. The maximum Gasteiger partial charge on any atom is 0.138 e. The molecule has 0 saturated carbocycles. The van der Waals surface area contributed by atoms with Crippen molar-refractivity contribution >= 4 is 49.3 Å². The summed E-state index contributed by atoms with van der Waals surface area (Å²) in [5.41, 5.74) is 4.56. The second-order valence-corrected chi connectivity index (χ2v) is 8.34. The van der Waals surface area contributed by atoms with E-state index in [2.05, 4.69) is 17.4 Å². The largest absolute Gasteiger partial charge is 0.489 e. The van der Waals surface area contributed by atoms with Crippen LogP contribution in [0, 0.1) is 0 Å². The molecule has 34 heavy (non-hydrogen) atoms. The maximum absolute atomic E-state index is 10.8. The zero-order valence-corrected chi connectivity index (χ0v) is 18.5. The van der Waals surface area contributed by atoms with Crippen LogP contribution in [0.1, 0.15) is 0 Å². The summed E-state index contributed by atoms with van der Waals surface area (Å²) in [5.74, 6) is 0.750. The fourth-order valence-corrected chi connectivity index (χ4v) is 4.45. The minimum atomic E-state index is -0.712. The fourth-order valence-electron chi connectivity index (χ4n) is 4.45. The quantitative estimate of drug-likeness (QED) is 0.311. The van der Waals surface area contributed by atoms with E-state index in [1.54, 1.807) is 0 Å². The van der Waals surface area contributed by atoms with Gasteiger partial charge in [0.1, 0.15) is 18.5 Å². The van der Waals surface area contributed by atoms with Gasteiger partial charge in [0.25, 0.3) is 0 Å². The Kier molecular flexibility index (Phi) is 5.17. The van der Waals surface area contributed by atoms with Gasteiger partial charge in [-0.3, -0.25) is 0 Å². The van der Waals surface area contributed by atoms with Gasteiger partial charge in [0.05, 0.1) is 27.8 Å². The monoisotopic (exact) mass is 445 g/mol. The van der Waals surface area contributed by atoms with Crippen LogP contribution in [-0.2, 0) is 0 Å². The summed E-state index contributed by atoms with van der Waals surface area (Å²) in [4.78, 5) is 9.50. The smallest absolute Gasteiger partial charge is 0.138 e. The first-order valence-corrected chi connectivity index (χ1v) is 11.4. The molecule has 6 aromatic rings. The molecule has 2 heterocycles. The molecule has 0 bridgehead atoms. The summed E-state index contributed by atoms with van der Waals surface area (Å²) in [6.07, 6.45) is -0.712. The zero-order valence-electron chi connectivity index (χ0n) is 18.5. The molecular formula is C29H23N3O2. The first-order valence-electron chi connectivity index (χ1n) is 11.4. The first kappa shape index (κ1) is 20.4. The van der Waals surface area contributed by atoms with Crippen molar-refractivity contribution in [2.45, 2.75) is 6.10 Å². The number of fused-ring (bicyclic) bond motifs is 4. The number of nitrogens with one attached hydrogen (secondary N) is 1. The highest BCUT2D eigenvalue weighted by molar-refractivity contribution is 6.07. The van der Waals surface area contributed by atoms with Gasteiger partial charge >= 0.3 is 0 Å². The molecule has 2 aromatic heterocycles. The standard InChI is InChI=1S/C29H23N3O2/c33-19(17-30-28-20-9-1-5-13-24(20)31-25-14-6-2-10-21(25)28)18-34-29-22-11-3-7-15-26(22)32-27-16-8-4-12-23(27)29/h1-16,19,33H,17-18H2,(H,30,31). The van der Waals surface area contributed by atoms with E-state index in [4.69, 9.17) is 14.7 Å². The summed E-state index contributed by atoms with van der Waals surface area (Å²) >= 11 is 0. The third kappa shape index (κ3) is 3.66. The number of hydrogen-bond acceptors (Lipinski definition) is 5. The maximum atomic E-state index is 10.8. The van der Waals surface area contributed by atoms with Crippen molar-refractivity contribution in [2.24, 2.45) is 0 Å². The van der Waals surface area contributed by atoms with Crippen molar-refractivity contribution in [3.05, 3.63) is 97.1 Å². The van der Waals surface area contributed by atoms with Crippen molar-refractivity contribution in [3.63, 3.8) is 0 Å². The third-order valence-electron chi connectivity index (χ3n) is 6.06. The Balaban J connectivity index is 1.27.